The van der Waals surface area contributed by atoms with E-state index < -0.39 is 0 Å². The third-order valence-electron chi connectivity index (χ3n) is 2.16. The molecule has 0 saturated carbocycles. The summed E-state index contributed by atoms with van der Waals surface area (Å²) in [4.78, 5) is 4.32. The summed E-state index contributed by atoms with van der Waals surface area (Å²) in [6.07, 6.45) is 2.01. The molecule has 1 aromatic heterocycles. The Balaban J connectivity index is 2.10. The van der Waals surface area contributed by atoms with Gasteiger partial charge in [0.25, 0.3) is 0 Å². The van der Waals surface area contributed by atoms with Gasteiger partial charge in [0.1, 0.15) is 10.4 Å². The quantitative estimate of drug-likeness (QED) is 0.837. The lowest BCUT2D eigenvalue weighted by Crippen LogP contribution is -2.41. The number of hydrogen-bond acceptors (Lipinski definition) is 3. The molecule has 4 nitrogen and oxygen atoms in total. The zero-order valence-electron chi connectivity index (χ0n) is 7.46. The van der Waals surface area contributed by atoms with Gasteiger partial charge in [0.2, 0.25) is 0 Å². The molecule has 13 heavy (non-hydrogen) atoms. The predicted molar refractivity (Wildman–Crippen MR) is 52.4 cm³/mol. The molecular formula is C8H12BrN3O. The molecule has 5 heteroatoms. The fourth-order valence-corrected chi connectivity index (χ4v) is 2.02. The zero-order chi connectivity index (χ0) is 9.26. The molecular weight excluding hydrogens is 234 g/mol. The number of rotatable bonds is 2. The molecule has 0 saturated heterocycles. The molecule has 0 spiro atoms. The number of hydrogen-bond donors (Lipinski definition) is 1. The second-order valence-corrected chi connectivity index (χ2v) is 3.98. The minimum atomic E-state index is 0.401. The summed E-state index contributed by atoms with van der Waals surface area (Å²) < 4.78 is 8.16. The van der Waals surface area contributed by atoms with E-state index in [2.05, 4.69) is 30.8 Å². The van der Waals surface area contributed by atoms with Crippen LogP contribution in [0.1, 0.15) is 5.82 Å². The van der Waals surface area contributed by atoms with Crippen LogP contribution in [-0.2, 0) is 17.8 Å². The lowest BCUT2D eigenvalue weighted by Gasteiger charge is -2.24. The standard InChI is InChI=1S/C8H12BrN3O/c1-13-5-6-3-12-4-7(9)11-8(12)2-10-6/h4,6,10H,2-3,5H2,1H3. The first-order valence-corrected chi connectivity index (χ1v) is 5.03. The van der Waals surface area contributed by atoms with Gasteiger partial charge in [-0.3, -0.25) is 0 Å². The lowest BCUT2D eigenvalue weighted by molar-refractivity contribution is 0.150. The molecule has 72 valence electrons. The smallest absolute Gasteiger partial charge is 0.124 e. The van der Waals surface area contributed by atoms with E-state index in [1.54, 1.807) is 7.11 Å². The van der Waals surface area contributed by atoms with Gasteiger partial charge in [0.05, 0.1) is 13.2 Å². The first-order chi connectivity index (χ1) is 6.29. The van der Waals surface area contributed by atoms with Crippen LogP contribution in [-0.4, -0.2) is 29.3 Å². The monoisotopic (exact) mass is 245 g/mol. The van der Waals surface area contributed by atoms with Crippen LogP contribution >= 0.6 is 15.9 Å². The van der Waals surface area contributed by atoms with Crippen molar-refractivity contribution in [1.82, 2.24) is 14.9 Å². The Morgan fingerprint density at radius 2 is 2.69 bits per heavy atom. The largest absolute Gasteiger partial charge is 0.383 e. The van der Waals surface area contributed by atoms with Gasteiger partial charge in [0, 0.05) is 25.9 Å². The summed E-state index contributed by atoms with van der Waals surface area (Å²) in [6, 6.07) is 0.401. The minimum Gasteiger partial charge on any atom is -0.383 e. The number of halogens is 1. The van der Waals surface area contributed by atoms with E-state index in [0.29, 0.717) is 6.04 Å². The van der Waals surface area contributed by atoms with Crippen molar-refractivity contribution in [2.24, 2.45) is 0 Å². The summed E-state index contributed by atoms with van der Waals surface area (Å²) in [7, 11) is 1.72. The highest BCUT2D eigenvalue weighted by Gasteiger charge is 2.18. The third kappa shape index (κ3) is 1.92. The van der Waals surface area contributed by atoms with Gasteiger partial charge < -0.3 is 14.6 Å². The molecule has 1 N–H and O–H groups in total. The highest BCUT2D eigenvalue weighted by molar-refractivity contribution is 9.10. The van der Waals surface area contributed by atoms with Crippen LogP contribution in [0.2, 0.25) is 0 Å². The van der Waals surface area contributed by atoms with Gasteiger partial charge in [-0.15, -0.1) is 0 Å². The molecule has 0 amide bonds. The van der Waals surface area contributed by atoms with Gasteiger partial charge in [-0.1, -0.05) is 0 Å². The Morgan fingerprint density at radius 3 is 3.46 bits per heavy atom. The van der Waals surface area contributed by atoms with Crippen molar-refractivity contribution in [3.05, 3.63) is 16.6 Å². The predicted octanol–water partition coefficient (Wildman–Crippen LogP) is 0.764. The van der Waals surface area contributed by atoms with Crippen molar-refractivity contribution < 1.29 is 4.74 Å². The summed E-state index contributed by atoms with van der Waals surface area (Å²) >= 11 is 3.36. The van der Waals surface area contributed by atoms with Crippen molar-refractivity contribution >= 4 is 15.9 Å². The fourth-order valence-electron chi connectivity index (χ4n) is 1.57. The van der Waals surface area contributed by atoms with Gasteiger partial charge in [-0.2, -0.15) is 0 Å². The number of methoxy groups -OCH3 is 1. The van der Waals surface area contributed by atoms with Crippen LogP contribution in [0.3, 0.4) is 0 Å². The topological polar surface area (TPSA) is 39.1 Å². The summed E-state index contributed by atoms with van der Waals surface area (Å²) in [5.41, 5.74) is 0. The summed E-state index contributed by atoms with van der Waals surface area (Å²) in [5, 5.41) is 3.36. The first-order valence-electron chi connectivity index (χ1n) is 4.23. The van der Waals surface area contributed by atoms with E-state index in [9.17, 15) is 0 Å². The van der Waals surface area contributed by atoms with Gasteiger partial charge in [-0.05, 0) is 15.9 Å². The van der Waals surface area contributed by atoms with Gasteiger partial charge in [0.15, 0.2) is 0 Å². The molecule has 1 unspecified atom stereocenters. The Morgan fingerprint density at radius 1 is 1.85 bits per heavy atom. The SMILES string of the molecule is COCC1Cn2cc(Br)nc2CN1. The van der Waals surface area contributed by atoms with Crippen molar-refractivity contribution in [3.8, 4) is 0 Å². The minimum absolute atomic E-state index is 0.401. The number of nitrogens with one attached hydrogen (secondary N) is 1. The molecule has 2 rings (SSSR count). The number of ether oxygens (including phenoxy) is 1. The lowest BCUT2D eigenvalue weighted by atomic mass is 10.2. The Hall–Kier alpha value is -0.390. The number of fused-ring (bicyclic) bond motifs is 1. The maximum atomic E-state index is 5.10. The first kappa shape index (κ1) is 9.18. The van der Waals surface area contributed by atoms with E-state index in [4.69, 9.17) is 4.74 Å². The molecule has 1 aliphatic heterocycles. The van der Waals surface area contributed by atoms with Crippen LogP contribution in [0, 0.1) is 0 Å². The molecule has 0 radical (unpaired) electrons. The van der Waals surface area contributed by atoms with Crippen LogP contribution in [0.15, 0.2) is 10.8 Å². The molecule has 2 heterocycles. The molecule has 0 bridgehead atoms. The van der Waals surface area contributed by atoms with Crippen molar-refractivity contribution in [3.63, 3.8) is 0 Å². The Bertz CT molecular complexity index is 300. The number of nitrogens with zero attached hydrogens (tertiary/aromatic N) is 2. The molecule has 0 fully saturated rings. The molecule has 1 aromatic rings. The average molecular weight is 246 g/mol. The fraction of sp³-hybridized carbons (Fsp3) is 0.625. The second-order valence-electron chi connectivity index (χ2n) is 3.17. The number of aromatic nitrogens is 2. The van der Waals surface area contributed by atoms with Gasteiger partial charge in [-0.25, -0.2) is 4.98 Å². The van der Waals surface area contributed by atoms with E-state index in [-0.39, 0.29) is 0 Å². The maximum absolute atomic E-state index is 5.10. The second kappa shape index (κ2) is 3.77. The average Bonchev–Trinajstić information content (AvgIpc) is 2.44. The summed E-state index contributed by atoms with van der Waals surface area (Å²) in [5.74, 6) is 1.08. The Labute approximate surface area is 85.4 Å². The Kier molecular flexibility index (Phi) is 2.66. The van der Waals surface area contributed by atoms with Crippen molar-refractivity contribution in [2.45, 2.75) is 19.1 Å². The van der Waals surface area contributed by atoms with E-state index in [1.165, 1.54) is 0 Å². The van der Waals surface area contributed by atoms with Crippen LogP contribution in [0.5, 0.6) is 0 Å². The molecule has 0 aliphatic carbocycles. The summed E-state index contributed by atoms with van der Waals surface area (Å²) in [6.45, 7) is 2.50. The van der Waals surface area contributed by atoms with Crippen LogP contribution in [0.25, 0.3) is 0 Å². The number of imidazole rings is 1. The maximum Gasteiger partial charge on any atom is 0.124 e. The molecule has 1 atom stereocenters. The van der Waals surface area contributed by atoms with E-state index in [0.717, 1.165) is 30.1 Å². The highest BCUT2D eigenvalue weighted by Crippen LogP contribution is 2.13. The zero-order valence-corrected chi connectivity index (χ0v) is 9.04. The van der Waals surface area contributed by atoms with E-state index in [1.807, 2.05) is 6.20 Å². The normalized spacial score (nSPS) is 21.5. The van der Waals surface area contributed by atoms with Crippen LogP contribution in [0.4, 0.5) is 0 Å². The van der Waals surface area contributed by atoms with Crippen molar-refractivity contribution in [2.75, 3.05) is 13.7 Å². The van der Waals surface area contributed by atoms with Crippen molar-refractivity contribution in [1.29, 1.82) is 0 Å². The molecule has 0 aromatic carbocycles. The third-order valence-corrected chi connectivity index (χ3v) is 2.55. The van der Waals surface area contributed by atoms with Crippen LogP contribution < -0.4 is 5.32 Å². The van der Waals surface area contributed by atoms with E-state index >= 15 is 0 Å². The van der Waals surface area contributed by atoms with Gasteiger partial charge >= 0.3 is 0 Å². The highest BCUT2D eigenvalue weighted by atomic mass is 79.9. The molecule has 1 aliphatic rings.